The fourth-order valence-electron chi connectivity index (χ4n) is 2.57. The van der Waals surface area contributed by atoms with E-state index in [2.05, 4.69) is 9.97 Å². The average molecular weight is 386 g/mol. The van der Waals surface area contributed by atoms with Crippen LogP contribution in [0.1, 0.15) is 29.3 Å². The van der Waals surface area contributed by atoms with Gasteiger partial charge in [-0.3, -0.25) is 0 Å². The number of thioether (sulfide) groups is 1. The minimum absolute atomic E-state index is 0.236. The van der Waals surface area contributed by atoms with Crippen LogP contribution in [0.2, 0.25) is 0 Å². The minimum atomic E-state index is -0.464. The van der Waals surface area contributed by atoms with Crippen LogP contribution >= 0.6 is 11.8 Å². The van der Waals surface area contributed by atoms with Crippen molar-refractivity contribution in [2.24, 2.45) is 0 Å². The molecule has 0 radical (unpaired) electrons. The molecule has 3 aromatic rings. The predicted octanol–water partition coefficient (Wildman–Crippen LogP) is 6.02. The molecule has 0 unspecified atom stereocenters. The topological polar surface area (TPSA) is 35.0 Å². The first-order valence-corrected chi connectivity index (χ1v) is 9.63. The molecule has 0 spiro atoms. The summed E-state index contributed by atoms with van der Waals surface area (Å²) in [5, 5.41) is 0.470. The Labute approximate surface area is 161 Å². The number of hydrogen-bond donors (Lipinski definition) is 0. The maximum absolute atomic E-state index is 13.8. The second kappa shape index (κ2) is 8.48. The van der Waals surface area contributed by atoms with Crippen molar-refractivity contribution in [1.29, 1.82) is 0 Å². The molecule has 0 aliphatic carbocycles. The zero-order valence-electron chi connectivity index (χ0n) is 15.4. The number of rotatable bonds is 6. The molecule has 1 heterocycles. The molecule has 0 N–H and O–H groups in total. The molecule has 0 aliphatic rings. The minimum Gasteiger partial charge on any atom is -0.439 e. The molecule has 0 aliphatic heterocycles. The molecule has 1 aromatic heterocycles. The normalized spacial score (nSPS) is 10.9. The molecule has 2 aromatic carbocycles. The first-order valence-electron chi connectivity index (χ1n) is 8.64. The lowest BCUT2D eigenvalue weighted by atomic mass is 10.1. The van der Waals surface area contributed by atoms with Gasteiger partial charge in [0.15, 0.2) is 5.16 Å². The maximum Gasteiger partial charge on any atom is 0.223 e. The molecular weight excluding hydrogens is 366 g/mol. The summed E-state index contributed by atoms with van der Waals surface area (Å²) < 4.78 is 33.1. The average Bonchev–Trinajstić information content (AvgIpc) is 2.64. The summed E-state index contributed by atoms with van der Waals surface area (Å²) in [5.41, 5.74) is 3.28. The molecular formula is C21H20F2N2OS. The maximum atomic E-state index is 13.8. The summed E-state index contributed by atoms with van der Waals surface area (Å²) >= 11 is 1.25. The van der Waals surface area contributed by atoms with Gasteiger partial charge in [0.1, 0.15) is 17.4 Å². The largest absolute Gasteiger partial charge is 0.439 e. The number of nitrogens with zero attached hydrogens (tertiary/aromatic N) is 2. The molecule has 0 saturated carbocycles. The van der Waals surface area contributed by atoms with Gasteiger partial charge in [-0.1, -0.05) is 36.4 Å². The van der Waals surface area contributed by atoms with E-state index in [9.17, 15) is 8.78 Å². The highest BCUT2D eigenvalue weighted by Gasteiger charge is 2.10. The Morgan fingerprint density at radius 3 is 2.56 bits per heavy atom. The van der Waals surface area contributed by atoms with Crippen LogP contribution in [0.25, 0.3) is 0 Å². The van der Waals surface area contributed by atoms with Gasteiger partial charge in [-0.15, -0.1) is 0 Å². The molecule has 140 valence electrons. The zero-order valence-corrected chi connectivity index (χ0v) is 16.2. The fraction of sp³-hybridized carbons (Fsp3) is 0.238. The summed E-state index contributed by atoms with van der Waals surface area (Å²) in [4.78, 5) is 8.87. The Bertz CT molecular complexity index is 963. The van der Waals surface area contributed by atoms with Gasteiger partial charge in [-0.05, 0) is 50.1 Å². The van der Waals surface area contributed by atoms with E-state index in [0.29, 0.717) is 17.5 Å². The van der Waals surface area contributed by atoms with Gasteiger partial charge in [0.2, 0.25) is 5.88 Å². The van der Waals surface area contributed by atoms with Crippen molar-refractivity contribution in [2.45, 2.75) is 38.1 Å². The summed E-state index contributed by atoms with van der Waals surface area (Å²) in [5.74, 6) is 0.501. The van der Waals surface area contributed by atoms with E-state index in [1.54, 1.807) is 6.07 Å². The SMILES string of the molecule is CCc1cc(Oc2ccc(C)cc2C)nc(SCc2cc(F)ccc2F)n1. The number of benzene rings is 2. The van der Waals surface area contributed by atoms with Gasteiger partial charge < -0.3 is 4.74 Å². The number of hydrogen-bond acceptors (Lipinski definition) is 4. The molecule has 27 heavy (non-hydrogen) atoms. The van der Waals surface area contributed by atoms with E-state index >= 15 is 0 Å². The third-order valence-electron chi connectivity index (χ3n) is 4.01. The van der Waals surface area contributed by atoms with Crippen LogP contribution in [0.3, 0.4) is 0 Å². The lowest BCUT2D eigenvalue weighted by Crippen LogP contribution is -1.99. The van der Waals surface area contributed by atoms with Gasteiger partial charge in [0.05, 0.1) is 0 Å². The monoisotopic (exact) mass is 386 g/mol. The van der Waals surface area contributed by atoms with E-state index in [1.807, 2.05) is 39.0 Å². The van der Waals surface area contributed by atoms with E-state index in [-0.39, 0.29) is 11.3 Å². The second-order valence-electron chi connectivity index (χ2n) is 6.23. The highest BCUT2D eigenvalue weighted by molar-refractivity contribution is 7.98. The molecule has 0 atom stereocenters. The Hall–Kier alpha value is -2.47. The summed E-state index contributed by atoms with van der Waals surface area (Å²) in [6, 6.07) is 11.2. The number of ether oxygens (including phenoxy) is 1. The van der Waals surface area contributed by atoms with Crippen molar-refractivity contribution in [3.8, 4) is 11.6 Å². The first-order chi connectivity index (χ1) is 12.9. The summed E-state index contributed by atoms with van der Waals surface area (Å²) in [7, 11) is 0. The van der Waals surface area contributed by atoms with Crippen LogP contribution < -0.4 is 4.74 Å². The van der Waals surface area contributed by atoms with Gasteiger partial charge in [-0.25, -0.2) is 13.8 Å². The Morgan fingerprint density at radius 2 is 1.81 bits per heavy atom. The van der Waals surface area contributed by atoms with E-state index in [0.717, 1.165) is 34.7 Å². The summed E-state index contributed by atoms with van der Waals surface area (Å²) in [6.45, 7) is 5.99. The van der Waals surface area contributed by atoms with Crippen LogP contribution in [0, 0.1) is 25.5 Å². The zero-order chi connectivity index (χ0) is 19.4. The number of aryl methyl sites for hydroxylation is 3. The van der Waals surface area contributed by atoms with Crippen LogP contribution in [-0.4, -0.2) is 9.97 Å². The van der Waals surface area contributed by atoms with Crippen molar-refractivity contribution >= 4 is 11.8 Å². The van der Waals surface area contributed by atoms with E-state index in [1.165, 1.54) is 17.8 Å². The van der Waals surface area contributed by atoms with Gasteiger partial charge >= 0.3 is 0 Å². The van der Waals surface area contributed by atoms with Gasteiger partial charge in [-0.2, -0.15) is 4.98 Å². The highest BCUT2D eigenvalue weighted by atomic mass is 32.2. The predicted molar refractivity (Wildman–Crippen MR) is 103 cm³/mol. The Balaban J connectivity index is 1.81. The van der Waals surface area contributed by atoms with Crippen molar-refractivity contribution in [2.75, 3.05) is 0 Å². The third kappa shape index (κ3) is 5.04. The number of aromatic nitrogens is 2. The molecule has 0 amide bonds. The fourth-order valence-corrected chi connectivity index (χ4v) is 3.41. The Kier molecular flexibility index (Phi) is 6.06. The number of halogens is 2. The lowest BCUT2D eigenvalue weighted by molar-refractivity contribution is 0.450. The Morgan fingerprint density at radius 1 is 1.00 bits per heavy atom. The van der Waals surface area contributed by atoms with Gasteiger partial charge in [0, 0.05) is 23.1 Å². The highest BCUT2D eigenvalue weighted by Crippen LogP contribution is 2.28. The van der Waals surface area contributed by atoms with Crippen molar-refractivity contribution < 1.29 is 13.5 Å². The molecule has 3 rings (SSSR count). The molecule has 0 saturated heterocycles. The standard InChI is InChI=1S/C21H20F2N2OS/c1-4-17-11-20(26-19-8-5-13(2)9-14(19)3)25-21(24-17)27-12-15-10-16(22)6-7-18(15)23/h5-11H,4,12H2,1-3H3. The van der Waals surface area contributed by atoms with Crippen LogP contribution in [-0.2, 0) is 12.2 Å². The van der Waals surface area contributed by atoms with Crippen LogP contribution in [0.15, 0.2) is 47.6 Å². The quantitative estimate of drug-likeness (QED) is 0.383. The third-order valence-corrected chi connectivity index (χ3v) is 4.90. The molecule has 0 bridgehead atoms. The van der Waals surface area contributed by atoms with Crippen LogP contribution in [0.4, 0.5) is 8.78 Å². The smallest absolute Gasteiger partial charge is 0.223 e. The molecule has 6 heteroatoms. The van der Waals surface area contributed by atoms with Crippen molar-refractivity contribution in [3.05, 3.63) is 76.5 Å². The first kappa shape index (κ1) is 19.3. The van der Waals surface area contributed by atoms with Crippen molar-refractivity contribution in [1.82, 2.24) is 9.97 Å². The second-order valence-corrected chi connectivity index (χ2v) is 7.17. The van der Waals surface area contributed by atoms with E-state index < -0.39 is 11.6 Å². The molecule has 3 nitrogen and oxygen atoms in total. The van der Waals surface area contributed by atoms with E-state index in [4.69, 9.17) is 4.74 Å². The van der Waals surface area contributed by atoms with Crippen molar-refractivity contribution in [3.63, 3.8) is 0 Å². The summed E-state index contributed by atoms with van der Waals surface area (Å²) in [6.07, 6.45) is 0.716. The van der Waals surface area contributed by atoms with Gasteiger partial charge in [0.25, 0.3) is 0 Å². The van der Waals surface area contributed by atoms with Crippen LogP contribution in [0.5, 0.6) is 11.6 Å². The lowest BCUT2D eigenvalue weighted by Gasteiger charge is -2.11. The molecule has 0 fully saturated rings.